The second-order valence-electron chi connectivity index (χ2n) is 6.12. The van der Waals surface area contributed by atoms with Gasteiger partial charge in [0.2, 0.25) is 5.91 Å². The van der Waals surface area contributed by atoms with Crippen molar-refractivity contribution in [3.05, 3.63) is 47.6 Å². The molecule has 116 valence electrons. The van der Waals surface area contributed by atoms with Gasteiger partial charge in [-0.1, -0.05) is 37.5 Å². The maximum absolute atomic E-state index is 12.0. The minimum absolute atomic E-state index is 0.00106. The summed E-state index contributed by atoms with van der Waals surface area (Å²) in [4.78, 5) is 12.0. The fraction of sp³-hybridized carbons (Fsp3) is 0.421. The number of benzene rings is 1. The molecule has 3 rings (SSSR count). The van der Waals surface area contributed by atoms with Crippen molar-refractivity contribution in [3.8, 4) is 5.75 Å². The number of rotatable bonds is 3. The number of carbonyl (C=O) groups excluding carboxylic acids is 1. The zero-order chi connectivity index (χ0) is 15.4. The lowest BCUT2D eigenvalue weighted by molar-refractivity contribution is -0.117. The van der Waals surface area contributed by atoms with Crippen LogP contribution in [0.5, 0.6) is 5.75 Å². The molecule has 22 heavy (non-hydrogen) atoms. The molecule has 1 aliphatic carbocycles. The van der Waals surface area contributed by atoms with Crippen LogP contribution < -0.4 is 10.1 Å². The van der Waals surface area contributed by atoms with Crippen molar-refractivity contribution < 1.29 is 9.53 Å². The number of hydrogen-bond donors (Lipinski definition) is 1. The van der Waals surface area contributed by atoms with E-state index in [4.69, 9.17) is 4.74 Å². The number of ether oxygens (including phenoxy) is 1. The van der Waals surface area contributed by atoms with Crippen molar-refractivity contribution in [2.24, 2.45) is 0 Å². The van der Waals surface area contributed by atoms with Gasteiger partial charge < -0.3 is 10.1 Å². The van der Waals surface area contributed by atoms with Crippen LogP contribution in [0.1, 0.15) is 44.6 Å². The molecule has 1 aromatic rings. The Hall–Kier alpha value is -2.03. The third kappa shape index (κ3) is 3.59. The van der Waals surface area contributed by atoms with Crippen molar-refractivity contribution in [1.82, 2.24) is 5.32 Å². The Morgan fingerprint density at radius 3 is 2.82 bits per heavy atom. The summed E-state index contributed by atoms with van der Waals surface area (Å²) in [6, 6.07) is 8.31. The maximum atomic E-state index is 12.0. The van der Waals surface area contributed by atoms with Crippen molar-refractivity contribution in [2.75, 3.05) is 0 Å². The lowest BCUT2D eigenvalue weighted by Crippen LogP contribution is -2.35. The van der Waals surface area contributed by atoms with Gasteiger partial charge >= 0.3 is 0 Å². The summed E-state index contributed by atoms with van der Waals surface area (Å²) in [5, 5.41) is 3.10. The predicted molar refractivity (Wildman–Crippen MR) is 88.7 cm³/mol. The van der Waals surface area contributed by atoms with Gasteiger partial charge in [-0.15, -0.1) is 0 Å². The van der Waals surface area contributed by atoms with E-state index in [1.54, 1.807) is 6.08 Å². The molecule has 0 bridgehead atoms. The lowest BCUT2D eigenvalue weighted by atomic mass is 9.95. The first kappa shape index (κ1) is 14.9. The summed E-state index contributed by atoms with van der Waals surface area (Å²) >= 11 is 0. The normalized spacial score (nSPS) is 21.9. The van der Waals surface area contributed by atoms with Crippen LogP contribution in [0.25, 0.3) is 6.08 Å². The smallest absolute Gasteiger partial charge is 0.244 e. The van der Waals surface area contributed by atoms with Gasteiger partial charge in [-0.05, 0) is 43.6 Å². The molecule has 1 atom stereocenters. The number of hydrogen-bond acceptors (Lipinski definition) is 2. The molecular weight excluding hydrogens is 274 g/mol. The second kappa shape index (κ2) is 6.82. The van der Waals surface area contributed by atoms with E-state index < -0.39 is 0 Å². The van der Waals surface area contributed by atoms with E-state index in [0.717, 1.165) is 29.7 Å². The largest absolute Gasteiger partial charge is 0.485 e. The van der Waals surface area contributed by atoms with Gasteiger partial charge in [-0.3, -0.25) is 4.79 Å². The Morgan fingerprint density at radius 1 is 1.23 bits per heavy atom. The van der Waals surface area contributed by atoms with E-state index in [2.05, 4.69) is 11.4 Å². The molecule has 0 spiro atoms. The SMILES string of the molecule is CC1Oc2ccccc2C=C1/C=C/C(=O)NC1CCCCC1. The molecule has 1 fully saturated rings. The van der Waals surface area contributed by atoms with Crippen LogP contribution in [0.15, 0.2) is 42.0 Å². The van der Waals surface area contributed by atoms with Gasteiger partial charge in [0.25, 0.3) is 0 Å². The molecule has 1 heterocycles. The molecule has 2 aliphatic rings. The minimum Gasteiger partial charge on any atom is -0.485 e. The Balaban J connectivity index is 1.64. The monoisotopic (exact) mass is 297 g/mol. The van der Waals surface area contributed by atoms with Gasteiger partial charge in [0, 0.05) is 17.7 Å². The van der Waals surface area contributed by atoms with Crippen LogP contribution in [-0.4, -0.2) is 18.1 Å². The Labute approximate surface area is 132 Å². The number of nitrogens with one attached hydrogen (secondary N) is 1. The fourth-order valence-corrected chi connectivity index (χ4v) is 3.11. The van der Waals surface area contributed by atoms with Crippen LogP contribution in [0.2, 0.25) is 0 Å². The number of amides is 1. The predicted octanol–water partition coefficient (Wildman–Crippen LogP) is 3.86. The molecule has 1 saturated carbocycles. The molecule has 0 aromatic heterocycles. The zero-order valence-corrected chi connectivity index (χ0v) is 13.0. The topological polar surface area (TPSA) is 38.3 Å². The highest BCUT2D eigenvalue weighted by Gasteiger charge is 2.17. The molecular formula is C19H23NO2. The average Bonchev–Trinajstić information content (AvgIpc) is 2.54. The molecule has 1 unspecified atom stereocenters. The quantitative estimate of drug-likeness (QED) is 0.860. The Kier molecular flexibility index (Phi) is 4.62. The van der Waals surface area contributed by atoms with Crippen molar-refractivity contribution >= 4 is 12.0 Å². The standard InChI is InChI=1S/C19H23NO2/c1-14-15(13-16-7-5-6-10-18(16)22-14)11-12-19(21)20-17-8-3-2-4-9-17/h5-7,10-14,17H,2-4,8-9H2,1H3,(H,20,21)/b12-11+. The Morgan fingerprint density at radius 2 is 2.00 bits per heavy atom. The van der Waals surface area contributed by atoms with Crippen molar-refractivity contribution in [3.63, 3.8) is 0 Å². The van der Waals surface area contributed by atoms with E-state index >= 15 is 0 Å². The van der Waals surface area contributed by atoms with E-state index in [1.807, 2.05) is 37.3 Å². The highest BCUT2D eigenvalue weighted by molar-refractivity contribution is 5.88. The highest BCUT2D eigenvalue weighted by Crippen LogP contribution is 2.29. The summed E-state index contributed by atoms with van der Waals surface area (Å²) < 4.78 is 5.88. The van der Waals surface area contributed by atoms with Gasteiger partial charge in [-0.25, -0.2) is 0 Å². The number of carbonyl (C=O) groups is 1. The van der Waals surface area contributed by atoms with Gasteiger partial charge in [0.05, 0.1) is 0 Å². The van der Waals surface area contributed by atoms with E-state index in [-0.39, 0.29) is 12.0 Å². The van der Waals surface area contributed by atoms with Gasteiger partial charge in [0.1, 0.15) is 11.9 Å². The number of fused-ring (bicyclic) bond motifs is 1. The lowest BCUT2D eigenvalue weighted by Gasteiger charge is -2.23. The average molecular weight is 297 g/mol. The third-order valence-electron chi connectivity index (χ3n) is 4.39. The molecule has 1 aliphatic heterocycles. The van der Waals surface area contributed by atoms with E-state index in [1.165, 1.54) is 19.3 Å². The maximum Gasteiger partial charge on any atom is 0.244 e. The second-order valence-corrected chi connectivity index (χ2v) is 6.12. The fourth-order valence-electron chi connectivity index (χ4n) is 3.11. The number of para-hydroxylation sites is 1. The summed E-state index contributed by atoms with van der Waals surface area (Å²) in [5.74, 6) is 0.901. The molecule has 3 nitrogen and oxygen atoms in total. The molecule has 3 heteroatoms. The van der Waals surface area contributed by atoms with Crippen molar-refractivity contribution in [2.45, 2.75) is 51.2 Å². The van der Waals surface area contributed by atoms with Gasteiger partial charge in [0.15, 0.2) is 0 Å². The van der Waals surface area contributed by atoms with Crippen LogP contribution in [0.4, 0.5) is 0 Å². The van der Waals surface area contributed by atoms with Crippen LogP contribution in [0, 0.1) is 0 Å². The highest BCUT2D eigenvalue weighted by atomic mass is 16.5. The summed E-state index contributed by atoms with van der Waals surface area (Å²) in [6.07, 6.45) is 11.5. The molecule has 0 saturated heterocycles. The van der Waals surface area contributed by atoms with Gasteiger partial charge in [-0.2, -0.15) is 0 Å². The zero-order valence-electron chi connectivity index (χ0n) is 13.0. The first-order chi connectivity index (χ1) is 10.7. The first-order valence-electron chi connectivity index (χ1n) is 8.18. The van der Waals surface area contributed by atoms with Crippen LogP contribution in [-0.2, 0) is 4.79 Å². The Bertz CT molecular complexity index is 597. The summed E-state index contributed by atoms with van der Waals surface area (Å²) in [5.41, 5.74) is 2.09. The molecule has 1 amide bonds. The summed E-state index contributed by atoms with van der Waals surface area (Å²) in [7, 11) is 0. The van der Waals surface area contributed by atoms with E-state index in [0.29, 0.717) is 6.04 Å². The van der Waals surface area contributed by atoms with Crippen molar-refractivity contribution in [1.29, 1.82) is 0 Å². The first-order valence-corrected chi connectivity index (χ1v) is 8.18. The minimum atomic E-state index is -0.0337. The molecule has 1 aromatic carbocycles. The van der Waals surface area contributed by atoms with E-state index in [9.17, 15) is 4.79 Å². The van der Waals surface area contributed by atoms with Crippen LogP contribution in [0.3, 0.4) is 0 Å². The molecule has 0 radical (unpaired) electrons. The third-order valence-corrected chi connectivity index (χ3v) is 4.39. The summed E-state index contributed by atoms with van der Waals surface area (Å²) in [6.45, 7) is 2.01. The molecule has 1 N–H and O–H groups in total. The van der Waals surface area contributed by atoms with Crippen LogP contribution >= 0.6 is 0 Å².